The van der Waals surface area contributed by atoms with Gasteiger partial charge in [-0.3, -0.25) is 0 Å². The molecule has 1 saturated heterocycles. The number of nitrogens with one attached hydrogen (secondary N) is 2. The first-order valence-electron chi connectivity index (χ1n) is 7.66. The maximum atomic E-state index is 12.5. The van der Waals surface area contributed by atoms with E-state index in [0.29, 0.717) is 4.90 Å². The number of fused-ring (bicyclic) bond motifs is 1. The minimum Gasteiger partial charge on any atom is -0.384 e. The Kier molecular flexibility index (Phi) is 4.19. The second-order valence-corrected chi connectivity index (χ2v) is 7.74. The van der Waals surface area contributed by atoms with Crippen molar-refractivity contribution in [3.05, 3.63) is 23.8 Å². The molecule has 2 aliphatic heterocycles. The maximum Gasteiger partial charge on any atom is 0.240 e. The molecule has 0 spiro atoms. The third-order valence-corrected chi connectivity index (χ3v) is 5.78. The molecule has 2 N–H and O–H groups in total. The second-order valence-electron chi connectivity index (χ2n) is 6.03. The molecular formula is C15H23N3O2S. The highest BCUT2D eigenvalue weighted by atomic mass is 32.2. The van der Waals surface area contributed by atoms with Crippen LogP contribution >= 0.6 is 0 Å². The Morgan fingerprint density at radius 3 is 2.86 bits per heavy atom. The fourth-order valence-corrected chi connectivity index (χ4v) is 4.42. The van der Waals surface area contributed by atoms with Crippen molar-refractivity contribution < 1.29 is 8.42 Å². The largest absolute Gasteiger partial charge is 0.384 e. The molecule has 116 valence electrons. The van der Waals surface area contributed by atoms with Gasteiger partial charge in [0.25, 0.3) is 0 Å². The van der Waals surface area contributed by atoms with Crippen LogP contribution in [0.1, 0.15) is 25.3 Å². The fourth-order valence-electron chi connectivity index (χ4n) is 3.16. The normalized spacial score (nSPS) is 20.2. The van der Waals surface area contributed by atoms with E-state index in [9.17, 15) is 8.42 Å². The van der Waals surface area contributed by atoms with Gasteiger partial charge in [0.15, 0.2) is 0 Å². The third-order valence-electron chi connectivity index (χ3n) is 4.19. The average Bonchev–Trinajstić information content (AvgIpc) is 3.07. The highest BCUT2D eigenvalue weighted by molar-refractivity contribution is 7.89. The predicted molar refractivity (Wildman–Crippen MR) is 84.1 cm³/mol. The highest BCUT2D eigenvalue weighted by Crippen LogP contribution is 2.25. The van der Waals surface area contributed by atoms with Crippen molar-refractivity contribution in [2.24, 2.45) is 0 Å². The highest BCUT2D eigenvalue weighted by Gasteiger charge is 2.22. The Hall–Kier alpha value is -1.11. The van der Waals surface area contributed by atoms with Crippen molar-refractivity contribution >= 4 is 15.7 Å². The summed E-state index contributed by atoms with van der Waals surface area (Å²) in [5, 5.41) is 3.22. The van der Waals surface area contributed by atoms with E-state index >= 15 is 0 Å². The lowest BCUT2D eigenvalue weighted by Gasteiger charge is -2.21. The molecule has 0 saturated carbocycles. The molecule has 6 heteroatoms. The number of hydrogen-bond acceptors (Lipinski definition) is 4. The van der Waals surface area contributed by atoms with Crippen molar-refractivity contribution in [3.8, 4) is 0 Å². The lowest BCUT2D eigenvalue weighted by molar-refractivity contribution is 0.313. The van der Waals surface area contributed by atoms with Crippen molar-refractivity contribution in [1.82, 2.24) is 9.62 Å². The van der Waals surface area contributed by atoms with Gasteiger partial charge in [0.1, 0.15) is 0 Å². The van der Waals surface area contributed by atoms with Gasteiger partial charge in [0.2, 0.25) is 10.0 Å². The van der Waals surface area contributed by atoms with Gasteiger partial charge in [-0.1, -0.05) is 6.07 Å². The molecule has 1 fully saturated rings. The summed E-state index contributed by atoms with van der Waals surface area (Å²) in [6.45, 7) is 5.76. The van der Waals surface area contributed by atoms with Gasteiger partial charge in [0.05, 0.1) is 4.90 Å². The SMILES string of the molecule is CC(CN1CCCC1)NS(=O)(=O)c1ccc2c(c1)NCC2. The summed E-state index contributed by atoms with van der Waals surface area (Å²) in [7, 11) is -3.44. The van der Waals surface area contributed by atoms with Gasteiger partial charge in [-0.2, -0.15) is 0 Å². The molecule has 2 aliphatic rings. The van der Waals surface area contributed by atoms with Crippen molar-refractivity contribution in [2.75, 3.05) is 31.5 Å². The number of anilines is 1. The summed E-state index contributed by atoms with van der Waals surface area (Å²) in [4.78, 5) is 2.67. The number of sulfonamides is 1. The monoisotopic (exact) mass is 309 g/mol. The van der Waals surface area contributed by atoms with Crippen LogP contribution < -0.4 is 10.0 Å². The molecule has 0 radical (unpaired) electrons. The van der Waals surface area contributed by atoms with Gasteiger partial charge in [-0.05, 0) is 57.0 Å². The molecule has 2 heterocycles. The zero-order chi connectivity index (χ0) is 14.9. The minimum atomic E-state index is -3.44. The van der Waals surface area contributed by atoms with Crippen LogP contribution in [0, 0.1) is 0 Å². The van der Waals surface area contributed by atoms with Crippen LogP contribution in [0.15, 0.2) is 23.1 Å². The number of benzene rings is 1. The zero-order valence-corrected chi connectivity index (χ0v) is 13.2. The van der Waals surface area contributed by atoms with Crippen LogP contribution in [-0.4, -0.2) is 45.5 Å². The van der Waals surface area contributed by atoms with E-state index in [1.807, 2.05) is 13.0 Å². The Bertz CT molecular complexity index is 609. The van der Waals surface area contributed by atoms with Gasteiger partial charge < -0.3 is 10.2 Å². The van der Waals surface area contributed by atoms with Crippen LogP contribution in [-0.2, 0) is 16.4 Å². The van der Waals surface area contributed by atoms with Crippen LogP contribution in [0.25, 0.3) is 0 Å². The van der Waals surface area contributed by atoms with E-state index in [0.717, 1.165) is 38.3 Å². The van der Waals surface area contributed by atoms with E-state index in [1.54, 1.807) is 12.1 Å². The number of rotatable bonds is 5. The molecule has 3 rings (SSSR count). The van der Waals surface area contributed by atoms with Crippen molar-refractivity contribution in [3.63, 3.8) is 0 Å². The molecule has 5 nitrogen and oxygen atoms in total. The van der Waals surface area contributed by atoms with Gasteiger partial charge in [-0.25, -0.2) is 13.1 Å². The van der Waals surface area contributed by atoms with E-state index < -0.39 is 10.0 Å². The van der Waals surface area contributed by atoms with Gasteiger partial charge >= 0.3 is 0 Å². The summed E-state index contributed by atoms with van der Waals surface area (Å²) in [5.41, 5.74) is 2.14. The fraction of sp³-hybridized carbons (Fsp3) is 0.600. The van der Waals surface area contributed by atoms with Gasteiger partial charge in [-0.15, -0.1) is 0 Å². The summed E-state index contributed by atoms with van der Waals surface area (Å²) in [6, 6.07) is 5.29. The molecule has 21 heavy (non-hydrogen) atoms. The number of likely N-dealkylation sites (tertiary alicyclic amines) is 1. The van der Waals surface area contributed by atoms with Crippen LogP contribution in [0.4, 0.5) is 5.69 Å². The van der Waals surface area contributed by atoms with Crippen LogP contribution in [0.2, 0.25) is 0 Å². The zero-order valence-electron chi connectivity index (χ0n) is 12.4. The molecule has 1 aromatic rings. The Morgan fingerprint density at radius 1 is 1.33 bits per heavy atom. The molecule has 0 bridgehead atoms. The van der Waals surface area contributed by atoms with Crippen molar-refractivity contribution in [2.45, 2.75) is 37.1 Å². The Labute approximate surface area is 126 Å². The summed E-state index contributed by atoms with van der Waals surface area (Å²) in [5.74, 6) is 0. The van der Waals surface area contributed by atoms with E-state index in [1.165, 1.54) is 18.4 Å². The first kappa shape index (κ1) is 14.8. The quantitative estimate of drug-likeness (QED) is 0.863. The summed E-state index contributed by atoms with van der Waals surface area (Å²) >= 11 is 0. The third kappa shape index (κ3) is 3.39. The minimum absolute atomic E-state index is 0.0747. The van der Waals surface area contributed by atoms with Crippen LogP contribution in [0.5, 0.6) is 0 Å². The molecule has 1 unspecified atom stereocenters. The van der Waals surface area contributed by atoms with Crippen molar-refractivity contribution in [1.29, 1.82) is 0 Å². The Balaban J connectivity index is 1.68. The van der Waals surface area contributed by atoms with Gasteiger partial charge in [0, 0.05) is 24.8 Å². The molecule has 0 aliphatic carbocycles. The standard InChI is InChI=1S/C15H23N3O2S/c1-12(11-18-8-2-3-9-18)17-21(19,20)14-5-4-13-6-7-16-15(13)10-14/h4-5,10,12,16-17H,2-3,6-9,11H2,1H3. The molecule has 0 aromatic heterocycles. The molecule has 1 atom stereocenters. The lowest BCUT2D eigenvalue weighted by Crippen LogP contribution is -2.41. The Morgan fingerprint density at radius 2 is 2.10 bits per heavy atom. The number of hydrogen-bond donors (Lipinski definition) is 2. The maximum absolute atomic E-state index is 12.5. The van der Waals surface area contributed by atoms with E-state index in [-0.39, 0.29) is 6.04 Å². The lowest BCUT2D eigenvalue weighted by atomic mass is 10.2. The van der Waals surface area contributed by atoms with E-state index in [4.69, 9.17) is 0 Å². The van der Waals surface area contributed by atoms with E-state index in [2.05, 4.69) is 14.9 Å². The second kappa shape index (κ2) is 5.94. The molecular weight excluding hydrogens is 286 g/mol. The predicted octanol–water partition coefficient (Wildman–Crippen LogP) is 1.42. The first-order chi connectivity index (χ1) is 10.0. The smallest absolute Gasteiger partial charge is 0.240 e. The summed E-state index contributed by atoms with van der Waals surface area (Å²) in [6.07, 6.45) is 3.40. The number of nitrogens with zero attached hydrogens (tertiary/aromatic N) is 1. The summed E-state index contributed by atoms with van der Waals surface area (Å²) < 4.78 is 27.7. The van der Waals surface area contributed by atoms with Crippen LogP contribution in [0.3, 0.4) is 0 Å². The molecule has 0 amide bonds. The molecule has 1 aromatic carbocycles. The first-order valence-corrected chi connectivity index (χ1v) is 9.14. The average molecular weight is 309 g/mol. The topological polar surface area (TPSA) is 61.4 Å².